The van der Waals surface area contributed by atoms with Crippen molar-refractivity contribution in [3.8, 4) is 34.0 Å². The number of hydrogen-bond donors (Lipinski definition) is 3. The third-order valence-electron chi connectivity index (χ3n) is 10.8. The molecule has 6 aromatic rings. The lowest BCUT2D eigenvalue weighted by Crippen LogP contribution is -2.20. The summed E-state index contributed by atoms with van der Waals surface area (Å²) in [4.78, 5) is 24.3. The number of likely N-dealkylation sites (N-methyl/N-ethyl adjacent to an activating group) is 1. The Morgan fingerprint density at radius 2 is 1.51 bits per heavy atom. The Morgan fingerprint density at radius 1 is 0.695 bits per heavy atom. The van der Waals surface area contributed by atoms with Gasteiger partial charge in [0.1, 0.15) is 17.3 Å². The van der Waals surface area contributed by atoms with Crippen molar-refractivity contribution in [1.29, 1.82) is 0 Å². The van der Waals surface area contributed by atoms with Gasteiger partial charge in [-0.05, 0) is 92.0 Å². The molecule has 0 aliphatic carbocycles. The van der Waals surface area contributed by atoms with Crippen molar-refractivity contribution in [2.75, 3.05) is 67.3 Å². The van der Waals surface area contributed by atoms with Crippen LogP contribution in [0.25, 0.3) is 22.5 Å². The van der Waals surface area contributed by atoms with E-state index in [1.54, 1.807) is 6.20 Å². The third kappa shape index (κ3) is 9.54. The molecule has 1 saturated heterocycles. The molecular weight excluding hydrogens is 735 g/mol. The second-order valence-corrected chi connectivity index (χ2v) is 15.2. The number of benzene rings is 4. The fourth-order valence-electron chi connectivity index (χ4n) is 7.75. The van der Waals surface area contributed by atoms with Crippen molar-refractivity contribution in [3.63, 3.8) is 0 Å². The van der Waals surface area contributed by atoms with Crippen LogP contribution in [0.5, 0.6) is 11.5 Å². The highest BCUT2D eigenvalue weighted by Crippen LogP contribution is 2.34. The van der Waals surface area contributed by atoms with Gasteiger partial charge in [-0.1, -0.05) is 66.8 Å². The summed E-state index contributed by atoms with van der Waals surface area (Å²) in [5.41, 5.74) is 8.67. The standard InChI is InChI=1S/C48H49N9O2/c1-56-23-10-14-37(42-19-18-38-30-45(42)54-47-50-22-20-43(52-47)35-12-8-16-40(28-35)58-26-6-2-3-21-49-38)33-59-41-17-9-13-36(29-41)44-31-46(57-24-4-5-25-57)55-48(53-44)51-39-15-7-11-34(27-39)32-56/h2-3,7-20,22,27-31,37,49H,4-6,21,23-26,32-33H2,1H3,(H,50,52,54)(H,51,53,55)/b3-2+,14-10+. The monoisotopic (exact) mass is 783 g/mol. The lowest BCUT2D eigenvalue weighted by atomic mass is 9.96. The Bertz CT molecular complexity index is 2460. The highest BCUT2D eigenvalue weighted by molar-refractivity contribution is 5.70. The molecule has 3 aliphatic rings. The minimum absolute atomic E-state index is 0.117. The topological polar surface area (TPSA) is 113 Å². The van der Waals surface area contributed by atoms with Crippen LogP contribution in [0.1, 0.15) is 36.3 Å². The van der Waals surface area contributed by atoms with Gasteiger partial charge >= 0.3 is 0 Å². The summed E-state index contributed by atoms with van der Waals surface area (Å²) in [6, 6.07) is 35.2. The Hall–Kier alpha value is -6.72. The fourth-order valence-corrected chi connectivity index (χ4v) is 7.75. The molecule has 11 nitrogen and oxygen atoms in total. The van der Waals surface area contributed by atoms with Crippen molar-refractivity contribution >= 4 is 34.8 Å². The van der Waals surface area contributed by atoms with E-state index in [9.17, 15) is 0 Å². The minimum atomic E-state index is -0.117. The first-order chi connectivity index (χ1) is 29.1. The lowest BCUT2D eigenvalue weighted by Gasteiger charge is -2.22. The third-order valence-corrected chi connectivity index (χ3v) is 10.8. The second kappa shape index (κ2) is 17.8. The number of hydrogen-bond acceptors (Lipinski definition) is 11. The van der Waals surface area contributed by atoms with Crippen LogP contribution in [0.3, 0.4) is 0 Å². The average molecular weight is 784 g/mol. The molecule has 0 saturated carbocycles. The molecule has 1 atom stereocenters. The molecular formula is C48H49N9O2. The average Bonchev–Trinajstić information content (AvgIpc) is 3.80. The van der Waals surface area contributed by atoms with Gasteiger partial charge in [-0.15, -0.1) is 0 Å². The molecule has 12 bridgehead atoms. The summed E-state index contributed by atoms with van der Waals surface area (Å²) in [5.74, 6) is 3.48. The zero-order valence-corrected chi connectivity index (χ0v) is 33.3. The fraction of sp³-hybridized carbons (Fsp3) is 0.250. The van der Waals surface area contributed by atoms with E-state index in [-0.39, 0.29) is 5.92 Å². The molecule has 1 fully saturated rings. The van der Waals surface area contributed by atoms with E-state index < -0.39 is 0 Å². The number of aromatic nitrogens is 4. The Balaban J connectivity index is 1.08. The zero-order valence-electron chi connectivity index (χ0n) is 33.3. The summed E-state index contributed by atoms with van der Waals surface area (Å²) in [6.45, 7) is 5.18. The van der Waals surface area contributed by atoms with Crippen molar-refractivity contribution in [2.45, 2.75) is 31.7 Å². The van der Waals surface area contributed by atoms with Crippen molar-refractivity contribution in [3.05, 3.63) is 145 Å². The molecule has 0 spiro atoms. The number of nitrogens with one attached hydrogen (secondary N) is 3. The van der Waals surface area contributed by atoms with Gasteiger partial charge in [-0.3, -0.25) is 4.90 Å². The van der Waals surface area contributed by atoms with Gasteiger partial charge in [0.05, 0.1) is 24.6 Å². The van der Waals surface area contributed by atoms with Crippen molar-refractivity contribution in [1.82, 2.24) is 24.8 Å². The van der Waals surface area contributed by atoms with Crippen LogP contribution < -0.4 is 30.3 Å². The lowest BCUT2D eigenvalue weighted by molar-refractivity contribution is 0.305. The quantitative estimate of drug-likeness (QED) is 0.146. The van der Waals surface area contributed by atoms with E-state index in [0.29, 0.717) is 31.7 Å². The summed E-state index contributed by atoms with van der Waals surface area (Å²) >= 11 is 0. The maximum Gasteiger partial charge on any atom is 0.229 e. The molecule has 3 N–H and O–H groups in total. The van der Waals surface area contributed by atoms with Crippen LogP contribution in [-0.2, 0) is 6.54 Å². The molecule has 3 aliphatic heterocycles. The summed E-state index contributed by atoms with van der Waals surface area (Å²) < 4.78 is 12.8. The smallest absolute Gasteiger partial charge is 0.229 e. The second-order valence-electron chi connectivity index (χ2n) is 15.2. The Labute approximate surface area is 345 Å². The molecule has 2 aromatic heterocycles. The molecule has 11 heteroatoms. The molecule has 298 valence electrons. The molecule has 0 amide bonds. The van der Waals surface area contributed by atoms with Gasteiger partial charge in [0, 0.05) is 79.1 Å². The van der Waals surface area contributed by atoms with Gasteiger partial charge in [0.2, 0.25) is 11.9 Å². The molecule has 5 heterocycles. The van der Waals surface area contributed by atoms with Crippen LogP contribution in [0.15, 0.2) is 134 Å². The predicted octanol–water partition coefficient (Wildman–Crippen LogP) is 9.60. The van der Waals surface area contributed by atoms with E-state index in [2.05, 4.69) is 123 Å². The van der Waals surface area contributed by atoms with Crippen LogP contribution >= 0.6 is 0 Å². The molecule has 0 radical (unpaired) electrons. The summed E-state index contributed by atoms with van der Waals surface area (Å²) in [6.07, 6.45) is 13.7. The normalized spacial score (nSPS) is 18.3. The predicted molar refractivity (Wildman–Crippen MR) is 237 cm³/mol. The van der Waals surface area contributed by atoms with Crippen molar-refractivity contribution in [2.24, 2.45) is 0 Å². The first-order valence-corrected chi connectivity index (χ1v) is 20.5. The SMILES string of the molecule is CN1C/C=C/C(c2ccc3cc2Nc2nccc(n2)-c2cccc(c2)OCC/C=C/CN3)COc2cccc(c2)-c2cc(N3CCCC3)nc(n2)Nc2cccc(c2)C1. The number of fused-ring (bicyclic) bond motifs is 14. The van der Waals surface area contributed by atoms with E-state index in [1.807, 2.05) is 42.5 Å². The van der Waals surface area contributed by atoms with Crippen LogP contribution in [0, 0.1) is 0 Å². The van der Waals surface area contributed by atoms with E-state index in [0.717, 1.165) is 108 Å². The highest BCUT2D eigenvalue weighted by Gasteiger charge is 2.20. The first-order valence-electron chi connectivity index (χ1n) is 20.5. The molecule has 59 heavy (non-hydrogen) atoms. The first kappa shape index (κ1) is 37.8. The van der Waals surface area contributed by atoms with E-state index in [4.69, 9.17) is 24.4 Å². The maximum absolute atomic E-state index is 6.71. The highest BCUT2D eigenvalue weighted by atomic mass is 16.5. The van der Waals surface area contributed by atoms with Gasteiger partial charge in [-0.2, -0.15) is 4.98 Å². The van der Waals surface area contributed by atoms with Gasteiger partial charge < -0.3 is 30.3 Å². The minimum Gasteiger partial charge on any atom is -0.493 e. The van der Waals surface area contributed by atoms with E-state index in [1.165, 1.54) is 5.56 Å². The van der Waals surface area contributed by atoms with Gasteiger partial charge in [0.25, 0.3) is 0 Å². The molecule has 9 rings (SSSR count). The van der Waals surface area contributed by atoms with Gasteiger partial charge in [-0.25, -0.2) is 15.0 Å². The summed E-state index contributed by atoms with van der Waals surface area (Å²) in [5, 5.41) is 10.7. The molecule has 1 unspecified atom stereocenters. The Kier molecular flexibility index (Phi) is 11.4. The Morgan fingerprint density at radius 3 is 2.39 bits per heavy atom. The number of nitrogens with zero attached hydrogens (tertiary/aromatic N) is 6. The number of ether oxygens (including phenoxy) is 2. The number of anilines is 6. The summed E-state index contributed by atoms with van der Waals surface area (Å²) in [7, 11) is 2.14. The van der Waals surface area contributed by atoms with Gasteiger partial charge in [0.15, 0.2) is 0 Å². The van der Waals surface area contributed by atoms with Crippen LogP contribution in [-0.4, -0.2) is 71.3 Å². The van der Waals surface area contributed by atoms with Crippen LogP contribution in [0.4, 0.5) is 34.8 Å². The van der Waals surface area contributed by atoms with Crippen molar-refractivity contribution < 1.29 is 9.47 Å². The van der Waals surface area contributed by atoms with Crippen LogP contribution in [0.2, 0.25) is 0 Å². The largest absolute Gasteiger partial charge is 0.493 e. The number of rotatable bonds is 2. The molecule has 4 aromatic carbocycles. The van der Waals surface area contributed by atoms with E-state index >= 15 is 0 Å². The maximum atomic E-state index is 6.71. The zero-order chi connectivity index (χ0) is 39.8.